The highest BCUT2D eigenvalue weighted by molar-refractivity contribution is 5.55. The van der Waals surface area contributed by atoms with Gasteiger partial charge in [0.1, 0.15) is 0 Å². The minimum absolute atomic E-state index is 0.358. The second kappa shape index (κ2) is 4.49. The van der Waals surface area contributed by atoms with Crippen molar-refractivity contribution in [2.45, 2.75) is 6.04 Å². The Kier molecular flexibility index (Phi) is 2.52. The zero-order valence-electron chi connectivity index (χ0n) is 10.5. The number of nitrogens with one attached hydrogen (secondary N) is 1. The highest BCUT2D eigenvalue weighted by Gasteiger charge is 2.22. The normalized spacial score (nSPS) is 15.2. The third-order valence-electron chi connectivity index (χ3n) is 3.21. The summed E-state index contributed by atoms with van der Waals surface area (Å²) in [5.74, 6) is 0.857. The van der Waals surface area contributed by atoms with Crippen LogP contribution in [0.2, 0.25) is 0 Å². The maximum atomic E-state index is 5.23. The van der Waals surface area contributed by atoms with Crippen molar-refractivity contribution < 1.29 is 4.52 Å². The molecule has 1 fully saturated rings. The molecule has 4 rings (SSSR count). The van der Waals surface area contributed by atoms with Crippen molar-refractivity contribution >= 4 is 0 Å². The molecule has 20 heavy (non-hydrogen) atoms. The zero-order chi connectivity index (χ0) is 13.4. The third kappa shape index (κ3) is 1.86. The standard InChI is InChI=1S/C12H11N7O/c1-2-8(4-13-3-1)11-15-12(20-17-11)10-7-19(18-16-10)9-5-14-6-9/h1-4,7,9,14H,5-6H2. The van der Waals surface area contributed by atoms with E-state index in [-0.39, 0.29) is 0 Å². The van der Waals surface area contributed by atoms with Gasteiger partial charge < -0.3 is 9.84 Å². The van der Waals surface area contributed by atoms with Crippen LogP contribution >= 0.6 is 0 Å². The molecule has 8 heteroatoms. The molecule has 3 aromatic rings. The lowest BCUT2D eigenvalue weighted by molar-refractivity contribution is 0.313. The van der Waals surface area contributed by atoms with Crippen molar-refractivity contribution in [3.8, 4) is 23.0 Å². The van der Waals surface area contributed by atoms with E-state index in [1.165, 1.54) is 0 Å². The molecule has 0 aromatic carbocycles. The molecule has 0 atom stereocenters. The number of hydrogen-bond donors (Lipinski definition) is 1. The Bertz CT molecular complexity index is 716. The number of aromatic nitrogens is 6. The van der Waals surface area contributed by atoms with Crippen LogP contribution in [-0.4, -0.2) is 43.2 Å². The highest BCUT2D eigenvalue weighted by atomic mass is 16.5. The highest BCUT2D eigenvalue weighted by Crippen LogP contribution is 2.20. The summed E-state index contributed by atoms with van der Waals surface area (Å²) in [4.78, 5) is 8.35. The molecule has 100 valence electrons. The minimum atomic E-state index is 0.358. The fourth-order valence-electron chi connectivity index (χ4n) is 1.95. The second-order valence-electron chi connectivity index (χ2n) is 4.56. The molecule has 0 radical (unpaired) electrons. The van der Waals surface area contributed by atoms with Gasteiger partial charge in [-0.1, -0.05) is 10.4 Å². The van der Waals surface area contributed by atoms with Gasteiger partial charge in [-0.25, -0.2) is 4.68 Å². The summed E-state index contributed by atoms with van der Waals surface area (Å²) in [5.41, 5.74) is 1.39. The lowest BCUT2D eigenvalue weighted by atomic mass is 10.2. The summed E-state index contributed by atoms with van der Waals surface area (Å²) in [6, 6.07) is 4.06. The van der Waals surface area contributed by atoms with Crippen molar-refractivity contribution in [3.63, 3.8) is 0 Å². The average Bonchev–Trinajstić information content (AvgIpc) is 3.06. The van der Waals surface area contributed by atoms with Crippen LogP contribution < -0.4 is 5.32 Å². The number of hydrogen-bond acceptors (Lipinski definition) is 7. The molecule has 0 aliphatic carbocycles. The lowest BCUT2D eigenvalue weighted by Crippen LogP contribution is -2.43. The minimum Gasteiger partial charge on any atom is -0.332 e. The van der Waals surface area contributed by atoms with Gasteiger partial charge in [0.25, 0.3) is 5.89 Å². The first kappa shape index (κ1) is 11.2. The Morgan fingerprint density at radius 1 is 1.35 bits per heavy atom. The molecule has 1 aliphatic heterocycles. The molecule has 3 aromatic heterocycles. The van der Waals surface area contributed by atoms with Gasteiger partial charge in [-0.15, -0.1) is 5.10 Å². The molecule has 0 amide bonds. The van der Waals surface area contributed by atoms with Gasteiger partial charge in [-0.3, -0.25) is 4.98 Å². The Balaban J connectivity index is 1.63. The molecule has 1 aliphatic rings. The molecule has 4 heterocycles. The van der Waals surface area contributed by atoms with Crippen LogP contribution in [0.25, 0.3) is 23.0 Å². The maximum absolute atomic E-state index is 5.23. The molecular weight excluding hydrogens is 258 g/mol. The summed E-state index contributed by atoms with van der Waals surface area (Å²) in [6.07, 6.45) is 5.21. The summed E-state index contributed by atoms with van der Waals surface area (Å²) >= 11 is 0. The van der Waals surface area contributed by atoms with E-state index in [4.69, 9.17) is 4.52 Å². The molecule has 0 bridgehead atoms. The fraction of sp³-hybridized carbons (Fsp3) is 0.250. The quantitative estimate of drug-likeness (QED) is 0.741. The second-order valence-corrected chi connectivity index (χ2v) is 4.56. The number of rotatable bonds is 3. The monoisotopic (exact) mass is 269 g/mol. The van der Waals surface area contributed by atoms with Crippen molar-refractivity contribution in [2.24, 2.45) is 0 Å². The lowest BCUT2D eigenvalue weighted by Gasteiger charge is -2.26. The summed E-state index contributed by atoms with van der Waals surface area (Å²) in [7, 11) is 0. The summed E-state index contributed by atoms with van der Waals surface area (Å²) < 4.78 is 7.05. The van der Waals surface area contributed by atoms with Crippen LogP contribution in [0.4, 0.5) is 0 Å². The Labute approximate surface area is 113 Å². The third-order valence-corrected chi connectivity index (χ3v) is 3.21. The van der Waals surface area contributed by atoms with Crippen LogP contribution in [0.15, 0.2) is 35.2 Å². The average molecular weight is 269 g/mol. The SMILES string of the molecule is c1cncc(-c2noc(-c3cn(C4CNC4)nn3)n2)c1. The van der Waals surface area contributed by atoms with Crippen LogP contribution in [0, 0.1) is 0 Å². The van der Waals surface area contributed by atoms with Crippen LogP contribution in [0.5, 0.6) is 0 Å². The van der Waals surface area contributed by atoms with E-state index in [1.54, 1.807) is 12.4 Å². The molecular formula is C12H11N7O. The van der Waals surface area contributed by atoms with Crippen molar-refractivity contribution in [1.82, 2.24) is 35.4 Å². The first-order valence-corrected chi connectivity index (χ1v) is 6.27. The van der Waals surface area contributed by atoms with E-state index in [0.717, 1.165) is 18.7 Å². The molecule has 8 nitrogen and oxygen atoms in total. The first-order valence-electron chi connectivity index (χ1n) is 6.27. The number of nitrogens with zero attached hydrogens (tertiary/aromatic N) is 6. The van der Waals surface area contributed by atoms with E-state index >= 15 is 0 Å². The topological polar surface area (TPSA) is 94.6 Å². The van der Waals surface area contributed by atoms with Gasteiger partial charge in [0.15, 0.2) is 5.69 Å². The van der Waals surface area contributed by atoms with Crippen LogP contribution in [0.1, 0.15) is 6.04 Å². The van der Waals surface area contributed by atoms with E-state index < -0.39 is 0 Å². The van der Waals surface area contributed by atoms with Gasteiger partial charge in [0.05, 0.1) is 12.2 Å². The summed E-state index contributed by atoms with van der Waals surface area (Å²) in [5, 5.41) is 15.3. The van der Waals surface area contributed by atoms with E-state index in [0.29, 0.717) is 23.5 Å². The maximum Gasteiger partial charge on any atom is 0.280 e. The van der Waals surface area contributed by atoms with Gasteiger partial charge in [-0.2, -0.15) is 4.98 Å². The van der Waals surface area contributed by atoms with E-state index in [9.17, 15) is 0 Å². The fourth-order valence-corrected chi connectivity index (χ4v) is 1.95. The van der Waals surface area contributed by atoms with Gasteiger partial charge >= 0.3 is 0 Å². The molecule has 1 saturated heterocycles. The van der Waals surface area contributed by atoms with Crippen LogP contribution in [0.3, 0.4) is 0 Å². The predicted molar refractivity (Wildman–Crippen MR) is 68.5 cm³/mol. The molecule has 1 N–H and O–H groups in total. The predicted octanol–water partition coefficient (Wildman–Crippen LogP) is 0.534. The van der Waals surface area contributed by atoms with Crippen molar-refractivity contribution in [3.05, 3.63) is 30.7 Å². The van der Waals surface area contributed by atoms with Crippen LogP contribution in [-0.2, 0) is 0 Å². The molecule has 0 saturated carbocycles. The van der Waals surface area contributed by atoms with Crippen molar-refractivity contribution in [1.29, 1.82) is 0 Å². The zero-order valence-corrected chi connectivity index (χ0v) is 10.5. The van der Waals surface area contributed by atoms with Gasteiger partial charge in [0, 0.05) is 31.0 Å². The first-order chi connectivity index (χ1) is 9.90. The van der Waals surface area contributed by atoms with E-state index in [1.807, 2.05) is 23.0 Å². The summed E-state index contributed by atoms with van der Waals surface area (Å²) in [6.45, 7) is 1.82. The Morgan fingerprint density at radius 2 is 2.30 bits per heavy atom. The van der Waals surface area contributed by atoms with Crippen molar-refractivity contribution in [2.75, 3.05) is 13.1 Å². The van der Waals surface area contributed by atoms with E-state index in [2.05, 4.69) is 30.8 Å². The molecule has 0 unspecified atom stereocenters. The Hall–Kier alpha value is -2.61. The largest absolute Gasteiger partial charge is 0.332 e. The van der Waals surface area contributed by atoms with Gasteiger partial charge in [0.2, 0.25) is 5.82 Å². The molecule has 0 spiro atoms. The van der Waals surface area contributed by atoms with Gasteiger partial charge in [-0.05, 0) is 12.1 Å². The smallest absolute Gasteiger partial charge is 0.280 e. The Morgan fingerprint density at radius 3 is 3.05 bits per heavy atom. The number of pyridine rings is 1.